The van der Waals surface area contributed by atoms with Gasteiger partial charge in [0, 0.05) is 0 Å². The van der Waals surface area contributed by atoms with Crippen molar-refractivity contribution in [2.24, 2.45) is 0 Å². The van der Waals surface area contributed by atoms with Crippen LogP contribution in [0.2, 0.25) is 0 Å². The highest BCUT2D eigenvalue weighted by Gasteiger charge is 2.26. The lowest BCUT2D eigenvalue weighted by Crippen LogP contribution is -2.31. The van der Waals surface area contributed by atoms with E-state index in [1.165, 1.54) is 6.33 Å². The van der Waals surface area contributed by atoms with Crippen LogP contribution < -0.4 is 4.72 Å². The minimum atomic E-state index is -4.04. The summed E-state index contributed by atoms with van der Waals surface area (Å²) < 4.78 is 27.9. The number of hydrogen-bond acceptors (Lipinski definition) is 7. The molecule has 0 bridgehead atoms. The highest BCUT2D eigenvalue weighted by atomic mass is 32.2. The molecule has 2 heterocycles. The van der Waals surface area contributed by atoms with E-state index < -0.39 is 15.9 Å². The molecule has 0 aliphatic carbocycles. The molecule has 3 aromatic rings. The molecule has 0 unspecified atom stereocenters. The van der Waals surface area contributed by atoms with Gasteiger partial charge in [0.15, 0.2) is 10.8 Å². The van der Waals surface area contributed by atoms with Crippen LogP contribution in [-0.2, 0) is 15.4 Å². The summed E-state index contributed by atoms with van der Waals surface area (Å²) in [5.41, 5.74) is 1.64. The zero-order valence-electron chi connectivity index (χ0n) is 16.2. The van der Waals surface area contributed by atoms with Crippen molar-refractivity contribution in [1.82, 2.24) is 24.9 Å². The van der Waals surface area contributed by atoms with Crippen LogP contribution in [0.15, 0.2) is 29.4 Å². The zero-order valence-corrected chi connectivity index (χ0v) is 17.8. The molecule has 0 spiro atoms. The Morgan fingerprint density at radius 1 is 1.21 bits per heavy atom. The van der Waals surface area contributed by atoms with Gasteiger partial charge in [-0.25, -0.2) is 23.1 Å². The summed E-state index contributed by atoms with van der Waals surface area (Å²) in [7, 11) is -4.04. The fourth-order valence-corrected chi connectivity index (χ4v) is 4.80. The van der Waals surface area contributed by atoms with E-state index >= 15 is 0 Å². The third kappa shape index (κ3) is 3.97. The van der Waals surface area contributed by atoms with E-state index in [4.69, 9.17) is 0 Å². The van der Waals surface area contributed by atoms with Crippen molar-refractivity contribution in [2.45, 2.75) is 44.9 Å². The number of aromatic nitrogens is 4. The highest BCUT2D eigenvalue weighted by Crippen LogP contribution is 2.28. The second-order valence-corrected chi connectivity index (χ2v) is 10.1. The number of aryl methyl sites for hydroxylation is 2. The Balaban J connectivity index is 1.92. The fourth-order valence-electron chi connectivity index (χ4n) is 2.60. The Kier molecular flexibility index (Phi) is 5.11. The molecule has 28 heavy (non-hydrogen) atoms. The van der Waals surface area contributed by atoms with Gasteiger partial charge >= 0.3 is 0 Å². The first-order chi connectivity index (χ1) is 13.0. The van der Waals surface area contributed by atoms with Crippen molar-refractivity contribution in [2.75, 3.05) is 0 Å². The van der Waals surface area contributed by atoms with Gasteiger partial charge in [-0.05, 0) is 36.5 Å². The summed E-state index contributed by atoms with van der Waals surface area (Å²) in [6, 6.07) is 5.26. The molecule has 10 heteroatoms. The molecule has 0 aliphatic rings. The summed E-state index contributed by atoms with van der Waals surface area (Å²) >= 11 is 1.05. The summed E-state index contributed by atoms with van der Waals surface area (Å²) in [5, 5.41) is 6.89. The topological polar surface area (TPSA) is 118 Å². The zero-order chi connectivity index (χ0) is 20.7. The lowest BCUT2D eigenvalue weighted by Gasteiger charge is -2.20. The predicted octanol–water partition coefficient (Wildman–Crippen LogP) is 2.96. The summed E-state index contributed by atoms with van der Waals surface area (Å²) in [6.07, 6.45) is 1.33. The van der Waals surface area contributed by atoms with Crippen LogP contribution in [0.5, 0.6) is 0 Å². The third-order valence-electron chi connectivity index (χ3n) is 4.19. The van der Waals surface area contributed by atoms with E-state index in [2.05, 4.69) is 24.9 Å². The maximum absolute atomic E-state index is 12.9. The van der Waals surface area contributed by atoms with Crippen molar-refractivity contribution in [3.05, 3.63) is 46.2 Å². The highest BCUT2D eigenvalue weighted by molar-refractivity contribution is 7.90. The number of nitrogens with one attached hydrogen (secondary N) is 2. The summed E-state index contributed by atoms with van der Waals surface area (Å²) in [6.45, 7) is 9.34. The largest absolute Gasteiger partial charge is 0.277 e. The quantitative estimate of drug-likeness (QED) is 0.671. The Hall–Kier alpha value is -2.59. The second-order valence-electron chi connectivity index (χ2n) is 7.43. The Labute approximate surface area is 167 Å². The van der Waals surface area contributed by atoms with Crippen LogP contribution in [0, 0.1) is 13.8 Å². The van der Waals surface area contributed by atoms with Gasteiger partial charge in [0.05, 0.1) is 10.6 Å². The Morgan fingerprint density at radius 3 is 2.54 bits per heavy atom. The van der Waals surface area contributed by atoms with Crippen molar-refractivity contribution in [1.29, 1.82) is 0 Å². The van der Waals surface area contributed by atoms with Crippen LogP contribution in [0.4, 0.5) is 0 Å². The minimum absolute atomic E-state index is 0.0888. The van der Waals surface area contributed by atoms with Crippen LogP contribution >= 0.6 is 11.3 Å². The van der Waals surface area contributed by atoms with Gasteiger partial charge in [-0.2, -0.15) is 5.10 Å². The number of H-pyrrole nitrogens is 1. The van der Waals surface area contributed by atoms with Gasteiger partial charge in [0.25, 0.3) is 15.9 Å². The van der Waals surface area contributed by atoms with Gasteiger partial charge < -0.3 is 0 Å². The van der Waals surface area contributed by atoms with E-state index in [-0.39, 0.29) is 15.2 Å². The average molecular weight is 420 g/mol. The molecule has 0 aliphatic heterocycles. The maximum atomic E-state index is 12.9. The number of carbonyl (C=O) groups excluding carboxylic acids is 1. The Morgan fingerprint density at radius 2 is 1.93 bits per heavy atom. The molecule has 2 N–H and O–H groups in total. The first-order valence-electron chi connectivity index (χ1n) is 8.50. The second kappa shape index (κ2) is 7.10. The van der Waals surface area contributed by atoms with Crippen molar-refractivity contribution in [3.8, 4) is 10.8 Å². The molecule has 0 saturated heterocycles. The molecular weight excluding hydrogens is 398 g/mol. The molecule has 0 radical (unpaired) electrons. The lowest BCUT2D eigenvalue weighted by molar-refractivity contribution is 0.0984. The van der Waals surface area contributed by atoms with Gasteiger partial charge in [-0.1, -0.05) is 32.9 Å². The molecule has 8 nitrogen and oxygen atoms in total. The maximum Gasteiger partial charge on any atom is 0.277 e. The third-order valence-corrected chi connectivity index (χ3v) is 6.83. The van der Waals surface area contributed by atoms with Crippen molar-refractivity contribution < 1.29 is 13.2 Å². The van der Waals surface area contributed by atoms with Gasteiger partial charge in [0.1, 0.15) is 11.2 Å². The standard InChI is InChI=1S/C18H21N5O3S2/c1-10-6-7-12(18(3,4)5)8-13(10)28(25,26)23-16(24)14-11(2)21-17(27-14)15-19-9-20-22-15/h6-9H,1-5H3,(H,23,24)(H,19,20,22). The van der Waals surface area contributed by atoms with E-state index in [0.29, 0.717) is 22.1 Å². The number of hydrogen-bond donors (Lipinski definition) is 2. The van der Waals surface area contributed by atoms with Gasteiger partial charge in [0.2, 0.25) is 0 Å². The number of thiazole rings is 1. The molecular formula is C18H21N5O3S2. The van der Waals surface area contributed by atoms with Crippen molar-refractivity contribution in [3.63, 3.8) is 0 Å². The molecule has 1 amide bonds. The number of benzene rings is 1. The number of nitrogens with zero attached hydrogens (tertiary/aromatic N) is 3. The number of amides is 1. The fraction of sp³-hybridized carbons (Fsp3) is 0.333. The number of carbonyl (C=O) groups is 1. The smallest absolute Gasteiger partial charge is 0.267 e. The molecule has 148 valence electrons. The van der Waals surface area contributed by atoms with Gasteiger partial charge in [-0.3, -0.25) is 9.89 Å². The molecule has 0 atom stereocenters. The monoisotopic (exact) mass is 419 g/mol. The number of aromatic amines is 1. The van der Waals surface area contributed by atoms with E-state index in [1.54, 1.807) is 26.0 Å². The lowest BCUT2D eigenvalue weighted by atomic mass is 9.87. The summed E-state index contributed by atoms with van der Waals surface area (Å²) in [5.74, 6) is -0.301. The molecule has 2 aromatic heterocycles. The summed E-state index contributed by atoms with van der Waals surface area (Å²) in [4.78, 5) is 21.2. The first-order valence-corrected chi connectivity index (χ1v) is 10.8. The first kappa shape index (κ1) is 20.2. The predicted molar refractivity (Wildman–Crippen MR) is 107 cm³/mol. The SMILES string of the molecule is Cc1ccc(C(C)(C)C)cc1S(=O)(=O)NC(=O)c1sc(-c2ncn[nH]2)nc1C. The van der Waals surface area contributed by atoms with Crippen LogP contribution in [-0.4, -0.2) is 34.5 Å². The minimum Gasteiger partial charge on any atom is -0.267 e. The molecule has 1 aromatic carbocycles. The molecule has 0 saturated carbocycles. The number of sulfonamides is 1. The van der Waals surface area contributed by atoms with Crippen LogP contribution in [0.1, 0.15) is 47.3 Å². The average Bonchev–Trinajstić information content (AvgIpc) is 3.22. The van der Waals surface area contributed by atoms with Gasteiger partial charge in [-0.15, -0.1) is 11.3 Å². The van der Waals surface area contributed by atoms with E-state index in [0.717, 1.165) is 16.9 Å². The molecule has 3 rings (SSSR count). The van der Waals surface area contributed by atoms with Crippen molar-refractivity contribution >= 4 is 27.3 Å². The van der Waals surface area contributed by atoms with E-state index in [1.807, 2.05) is 26.8 Å². The van der Waals surface area contributed by atoms with E-state index in [9.17, 15) is 13.2 Å². The normalized spacial score (nSPS) is 12.2. The molecule has 0 fully saturated rings. The van der Waals surface area contributed by atoms with Crippen LogP contribution in [0.25, 0.3) is 10.8 Å². The number of rotatable bonds is 4. The Bertz CT molecular complexity index is 1130. The van der Waals surface area contributed by atoms with Crippen LogP contribution in [0.3, 0.4) is 0 Å².